The van der Waals surface area contributed by atoms with Crippen LogP contribution in [0.3, 0.4) is 0 Å². The zero-order chi connectivity index (χ0) is 13.8. The van der Waals surface area contributed by atoms with E-state index in [0.29, 0.717) is 10.9 Å². The molecule has 0 amide bonds. The van der Waals surface area contributed by atoms with Crippen LogP contribution in [-0.4, -0.2) is 6.29 Å². The van der Waals surface area contributed by atoms with Gasteiger partial charge in [-0.15, -0.1) is 0 Å². The summed E-state index contributed by atoms with van der Waals surface area (Å²) in [6.45, 7) is 0. The first-order chi connectivity index (χ1) is 9.81. The summed E-state index contributed by atoms with van der Waals surface area (Å²) in [4.78, 5) is 0. The monoisotopic (exact) mass is 286 g/mol. The Balaban J connectivity index is 1.68. The zero-order valence-electron chi connectivity index (χ0n) is 10.9. The normalized spacial score (nSPS) is 21.2. The molecule has 0 aliphatic carbocycles. The first kappa shape index (κ1) is 13.1. The third kappa shape index (κ3) is 3.14. The number of allylic oxidation sites excluding steroid dienone is 1. The molecule has 102 valence electrons. The maximum absolute atomic E-state index is 5.86. The van der Waals surface area contributed by atoms with Crippen molar-refractivity contribution in [1.29, 1.82) is 0 Å². The SMILES string of the molecule is Clc1ccc(O[C@H]2C[C@H](c3ccccc3)C=CO2)cc1. The van der Waals surface area contributed by atoms with Crippen LogP contribution in [0.2, 0.25) is 5.02 Å². The average Bonchev–Trinajstić information content (AvgIpc) is 2.51. The Hall–Kier alpha value is -1.93. The Labute approximate surface area is 123 Å². The lowest BCUT2D eigenvalue weighted by atomic mass is 9.94. The largest absolute Gasteiger partial charge is 0.463 e. The first-order valence-corrected chi connectivity index (χ1v) is 6.98. The van der Waals surface area contributed by atoms with Crippen molar-refractivity contribution in [2.24, 2.45) is 0 Å². The average molecular weight is 287 g/mol. The third-order valence-electron chi connectivity index (χ3n) is 3.30. The Bertz CT molecular complexity index is 578. The number of halogens is 1. The van der Waals surface area contributed by atoms with Gasteiger partial charge in [0.25, 0.3) is 0 Å². The number of hydrogen-bond acceptors (Lipinski definition) is 2. The van der Waals surface area contributed by atoms with E-state index in [1.165, 1.54) is 5.56 Å². The predicted octanol–water partition coefficient (Wildman–Crippen LogP) is 4.76. The molecular weight excluding hydrogens is 272 g/mol. The summed E-state index contributed by atoms with van der Waals surface area (Å²) in [6, 6.07) is 17.7. The van der Waals surface area contributed by atoms with Crippen molar-refractivity contribution in [3.63, 3.8) is 0 Å². The lowest BCUT2D eigenvalue weighted by Gasteiger charge is -2.26. The smallest absolute Gasteiger partial charge is 0.241 e. The Morgan fingerprint density at radius 3 is 2.50 bits per heavy atom. The van der Waals surface area contributed by atoms with Crippen molar-refractivity contribution in [3.05, 3.63) is 77.5 Å². The molecule has 0 unspecified atom stereocenters. The fourth-order valence-electron chi connectivity index (χ4n) is 2.26. The summed E-state index contributed by atoms with van der Waals surface area (Å²) in [5, 5.41) is 0.698. The van der Waals surface area contributed by atoms with Crippen LogP contribution in [0.4, 0.5) is 0 Å². The molecule has 0 spiro atoms. The van der Waals surface area contributed by atoms with Crippen LogP contribution in [0, 0.1) is 0 Å². The second-order valence-corrected chi connectivity index (χ2v) is 5.16. The molecule has 20 heavy (non-hydrogen) atoms. The van der Waals surface area contributed by atoms with Gasteiger partial charge in [0.2, 0.25) is 6.29 Å². The Kier molecular flexibility index (Phi) is 3.93. The van der Waals surface area contributed by atoms with Gasteiger partial charge in [0.1, 0.15) is 5.75 Å². The molecule has 0 aromatic heterocycles. The van der Waals surface area contributed by atoms with E-state index in [-0.39, 0.29) is 6.29 Å². The topological polar surface area (TPSA) is 18.5 Å². The molecule has 3 rings (SSSR count). The van der Waals surface area contributed by atoms with Crippen LogP contribution in [-0.2, 0) is 4.74 Å². The van der Waals surface area contributed by atoms with E-state index < -0.39 is 0 Å². The quantitative estimate of drug-likeness (QED) is 0.810. The molecule has 1 aliphatic heterocycles. The van der Waals surface area contributed by atoms with E-state index >= 15 is 0 Å². The fourth-order valence-corrected chi connectivity index (χ4v) is 2.38. The van der Waals surface area contributed by atoms with Gasteiger partial charge < -0.3 is 9.47 Å². The second kappa shape index (κ2) is 6.02. The van der Waals surface area contributed by atoms with E-state index in [2.05, 4.69) is 18.2 Å². The van der Waals surface area contributed by atoms with E-state index in [1.807, 2.05) is 42.5 Å². The summed E-state index contributed by atoms with van der Waals surface area (Å²) >= 11 is 5.86. The van der Waals surface area contributed by atoms with Crippen LogP contribution in [0.25, 0.3) is 0 Å². The molecular formula is C17H15ClO2. The van der Waals surface area contributed by atoms with Crippen LogP contribution < -0.4 is 4.74 Å². The highest BCUT2D eigenvalue weighted by atomic mass is 35.5. The standard InChI is InChI=1S/C17H15ClO2/c18-15-6-8-16(9-7-15)20-17-12-14(10-11-19-17)13-4-2-1-3-5-13/h1-11,14,17H,12H2/t14-,17+/m1/s1. The summed E-state index contributed by atoms with van der Waals surface area (Å²) in [5.41, 5.74) is 1.27. The fraction of sp³-hybridized carbons (Fsp3) is 0.176. The third-order valence-corrected chi connectivity index (χ3v) is 3.55. The molecule has 0 saturated heterocycles. The van der Waals surface area contributed by atoms with Gasteiger partial charge in [0, 0.05) is 17.4 Å². The van der Waals surface area contributed by atoms with Gasteiger partial charge in [-0.3, -0.25) is 0 Å². The molecule has 2 aromatic rings. The van der Waals surface area contributed by atoms with E-state index in [0.717, 1.165) is 12.2 Å². The minimum atomic E-state index is -0.272. The minimum absolute atomic E-state index is 0.272. The summed E-state index contributed by atoms with van der Waals surface area (Å²) in [5.74, 6) is 1.09. The van der Waals surface area contributed by atoms with Crippen LogP contribution in [0.15, 0.2) is 66.9 Å². The molecule has 1 aliphatic rings. The molecule has 0 saturated carbocycles. The Morgan fingerprint density at radius 1 is 1.00 bits per heavy atom. The van der Waals surface area contributed by atoms with E-state index in [1.54, 1.807) is 6.26 Å². The van der Waals surface area contributed by atoms with Gasteiger partial charge in [-0.25, -0.2) is 0 Å². The van der Waals surface area contributed by atoms with Gasteiger partial charge in [-0.1, -0.05) is 41.9 Å². The van der Waals surface area contributed by atoms with Crippen LogP contribution in [0.5, 0.6) is 5.75 Å². The molecule has 0 radical (unpaired) electrons. The van der Waals surface area contributed by atoms with Gasteiger partial charge in [-0.2, -0.15) is 0 Å². The molecule has 2 atom stereocenters. The molecule has 0 bridgehead atoms. The van der Waals surface area contributed by atoms with Crippen molar-refractivity contribution in [2.45, 2.75) is 18.6 Å². The van der Waals surface area contributed by atoms with Gasteiger partial charge in [0.15, 0.2) is 0 Å². The van der Waals surface area contributed by atoms with Crippen LogP contribution >= 0.6 is 11.6 Å². The number of rotatable bonds is 3. The minimum Gasteiger partial charge on any atom is -0.463 e. The van der Waals surface area contributed by atoms with Crippen molar-refractivity contribution in [3.8, 4) is 5.75 Å². The van der Waals surface area contributed by atoms with E-state index in [4.69, 9.17) is 21.1 Å². The highest BCUT2D eigenvalue weighted by Crippen LogP contribution is 2.29. The zero-order valence-corrected chi connectivity index (χ0v) is 11.7. The lowest BCUT2D eigenvalue weighted by molar-refractivity contribution is -0.0455. The first-order valence-electron chi connectivity index (χ1n) is 6.60. The molecule has 0 N–H and O–H groups in total. The number of benzene rings is 2. The predicted molar refractivity (Wildman–Crippen MR) is 79.9 cm³/mol. The van der Waals surface area contributed by atoms with Crippen molar-refractivity contribution >= 4 is 11.6 Å². The number of ether oxygens (including phenoxy) is 2. The van der Waals surface area contributed by atoms with Crippen molar-refractivity contribution in [2.75, 3.05) is 0 Å². The van der Waals surface area contributed by atoms with Gasteiger partial charge >= 0.3 is 0 Å². The maximum atomic E-state index is 5.86. The summed E-state index contributed by atoms with van der Waals surface area (Å²) in [6.07, 6.45) is 4.31. The Morgan fingerprint density at radius 2 is 1.75 bits per heavy atom. The molecule has 3 heteroatoms. The summed E-state index contributed by atoms with van der Waals surface area (Å²) in [7, 11) is 0. The molecule has 2 aromatic carbocycles. The van der Waals surface area contributed by atoms with Gasteiger partial charge in [0.05, 0.1) is 6.26 Å². The highest BCUT2D eigenvalue weighted by molar-refractivity contribution is 6.30. The molecule has 2 nitrogen and oxygen atoms in total. The number of hydrogen-bond donors (Lipinski definition) is 0. The second-order valence-electron chi connectivity index (χ2n) is 4.72. The van der Waals surface area contributed by atoms with Gasteiger partial charge in [-0.05, 0) is 35.9 Å². The van der Waals surface area contributed by atoms with E-state index in [9.17, 15) is 0 Å². The highest BCUT2D eigenvalue weighted by Gasteiger charge is 2.21. The van der Waals surface area contributed by atoms with Crippen molar-refractivity contribution < 1.29 is 9.47 Å². The molecule has 1 heterocycles. The maximum Gasteiger partial charge on any atom is 0.241 e. The van der Waals surface area contributed by atoms with Crippen LogP contribution in [0.1, 0.15) is 17.9 Å². The van der Waals surface area contributed by atoms with Crippen molar-refractivity contribution in [1.82, 2.24) is 0 Å². The lowest BCUT2D eigenvalue weighted by Crippen LogP contribution is -2.23. The summed E-state index contributed by atoms with van der Waals surface area (Å²) < 4.78 is 11.4. The molecule has 0 fully saturated rings.